The van der Waals surface area contributed by atoms with Gasteiger partial charge in [0.15, 0.2) is 0 Å². The first-order chi connectivity index (χ1) is 6.24. The van der Waals surface area contributed by atoms with E-state index in [1.165, 1.54) is 11.8 Å². The highest BCUT2D eigenvalue weighted by atomic mass is 32.2. The van der Waals surface area contributed by atoms with Gasteiger partial charge in [0, 0.05) is 12.3 Å². The molecule has 0 unspecified atom stereocenters. The summed E-state index contributed by atoms with van der Waals surface area (Å²) < 4.78 is 0. The van der Waals surface area contributed by atoms with Gasteiger partial charge in [0.25, 0.3) is 6.20 Å². The molecule has 1 fully saturated rings. The van der Waals surface area contributed by atoms with Gasteiger partial charge in [0.05, 0.1) is 11.5 Å². The summed E-state index contributed by atoms with van der Waals surface area (Å²) in [4.78, 5) is 11.7. The second-order valence-electron chi connectivity index (χ2n) is 2.58. The first-order valence-corrected chi connectivity index (χ1v) is 4.89. The summed E-state index contributed by atoms with van der Waals surface area (Å²) in [6.45, 7) is 1.27. The lowest BCUT2D eigenvalue weighted by atomic mass is 10.4. The zero-order chi connectivity index (χ0) is 9.68. The van der Waals surface area contributed by atoms with Crippen LogP contribution in [0.3, 0.4) is 0 Å². The van der Waals surface area contributed by atoms with E-state index in [1.807, 2.05) is 4.90 Å². The summed E-state index contributed by atoms with van der Waals surface area (Å²) in [6.07, 6.45) is 7.21. The van der Waals surface area contributed by atoms with Crippen molar-refractivity contribution in [1.29, 1.82) is 0 Å². The van der Waals surface area contributed by atoms with Crippen molar-refractivity contribution in [1.82, 2.24) is 4.90 Å². The summed E-state index contributed by atoms with van der Waals surface area (Å²) >= 11 is 1.49. The van der Waals surface area contributed by atoms with Crippen LogP contribution in [0.2, 0.25) is 0 Å². The molecule has 0 atom stereocenters. The van der Waals surface area contributed by atoms with Crippen molar-refractivity contribution in [3.63, 3.8) is 0 Å². The summed E-state index contributed by atoms with van der Waals surface area (Å²) in [7, 11) is 0. The number of hydrogen-bond donors (Lipinski definition) is 0. The van der Waals surface area contributed by atoms with Crippen LogP contribution in [0.1, 0.15) is 6.42 Å². The van der Waals surface area contributed by atoms with Crippen LogP contribution in [0.25, 0.3) is 0 Å². The highest BCUT2D eigenvalue weighted by Gasteiger charge is 2.17. The average molecular weight is 198 g/mol. The van der Waals surface area contributed by atoms with Gasteiger partial charge in [0.1, 0.15) is 5.03 Å². The standard InChI is InChI=1S/C8H10N2O2S/c1-2-4-9-5-3-6-13-8(9)7-10(11)12/h1,7H,3-6H2. The SMILES string of the molecule is C#CCN1CCCSC1=C[N+](=O)[O-]. The molecule has 0 spiro atoms. The first kappa shape index (κ1) is 9.93. The molecule has 4 nitrogen and oxygen atoms in total. The van der Waals surface area contributed by atoms with Gasteiger partial charge < -0.3 is 4.90 Å². The number of hydrogen-bond acceptors (Lipinski definition) is 4. The fraction of sp³-hybridized carbons (Fsp3) is 0.500. The van der Waals surface area contributed by atoms with Crippen LogP contribution < -0.4 is 0 Å². The smallest absolute Gasteiger partial charge is 0.264 e. The zero-order valence-electron chi connectivity index (χ0n) is 7.10. The molecule has 0 N–H and O–H groups in total. The Labute approximate surface area is 81.1 Å². The maximum atomic E-state index is 10.3. The highest BCUT2D eigenvalue weighted by molar-refractivity contribution is 8.03. The lowest BCUT2D eigenvalue weighted by molar-refractivity contribution is -0.403. The van der Waals surface area contributed by atoms with Gasteiger partial charge in [-0.1, -0.05) is 5.92 Å². The Bertz CT molecular complexity index is 270. The molecule has 0 aromatic rings. The van der Waals surface area contributed by atoms with Crippen molar-refractivity contribution in [2.75, 3.05) is 18.8 Å². The molecule has 0 aromatic heterocycles. The maximum Gasteiger partial charge on any atom is 0.264 e. The minimum Gasteiger partial charge on any atom is -0.350 e. The Hall–Kier alpha value is -1.15. The number of rotatable bonds is 2. The summed E-state index contributed by atoms with van der Waals surface area (Å²) in [6, 6.07) is 0. The summed E-state index contributed by atoms with van der Waals surface area (Å²) in [5.74, 6) is 3.42. The first-order valence-electron chi connectivity index (χ1n) is 3.90. The molecule has 0 aliphatic carbocycles. The number of terminal acetylenes is 1. The Balaban J connectivity index is 2.68. The van der Waals surface area contributed by atoms with Crippen molar-refractivity contribution in [2.45, 2.75) is 6.42 Å². The Morgan fingerprint density at radius 3 is 3.23 bits per heavy atom. The van der Waals surface area contributed by atoms with E-state index in [2.05, 4.69) is 5.92 Å². The van der Waals surface area contributed by atoms with Gasteiger partial charge >= 0.3 is 0 Å². The van der Waals surface area contributed by atoms with Crippen LogP contribution in [0.5, 0.6) is 0 Å². The van der Waals surface area contributed by atoms with E-state index in [4.69, 9.17) is 6.42 Å². The third-order valence-corrected chi connectivity index (χ3v) is 2.78. The van der Waals surface area contributed by atoms with Crippen LogP contribution in [-0.2, 0) is 0 Å². The third kappa shape index (κ3) is 2.99. The normalized spacial score (nSPS) is 19.9. The van der Waals surface area contributed by atoms with E-state index in [9.17, 15) is 10.1 Å². The summed E-state index contributed by atoms with van der Waals surface area (Å²) in [5.41, 5.74) is 0. The summed E-state index contributed by atoms with van der Waals surface area (Å²) in [5, 5.41) is 10.9. The molecule has 0 amide bonds. The topological polar surface area (TPSA) is 46.4 Å². The predicted molar refractivity (Wildman–Crippen MR) is 52.6 cm³/mol. The molecule has 1 heterocycles. The van der Waals surface area contributed by atoms with Gasteiger partial charge in [-0.15, -0.1) is 18.2 Å². The molecule has 70 valence electrons. The van der Waals surface area contributed by atoms with E-state index in [0.717, 1.165) is 24.9 Å². The van der Waals surface area contributed by atoms with Gasteiger partial charge in [-0.3, -0.25) is 10.1 Å². The van der Waals surface area contributed by atoms with Crippen molar-refractivity contribution < 1.29 is 4.92 Å². The van der Waals surface area contributed by atoms with Crippen LogP contribution in [-0.4, -0.2) is 28.7 Å². The van der Waals surface area contributed by atoms with Gasteiger partial charge in [0.2, 0.25) is 0 Å². The van der Waals surface area contributed by atoms with Crippen LogP contribution in [0.4, 0.5) is 0 Å². The van der Waals surface area contributed by atoms with E-state index in [-0.39, 0.29) is 0 Å². The molecule has 13 heavy (non-hydrogen) atoms. The molecule has 1 rings (SSSR count). The number of thioether (sulfide) groups is 1. The molecule has 0 bridgehead atoms. The Morgan fingerprint density at radius 2 is 2.62 bits per heavy atom. The van der Waals surface area contributed by atoms with Crippen LogP contribution >= 0.6 is 11.8 Å². The van der Waals surface area contributed by atoms with E-state index >= 15 is 0 Å². The Kier molecular flexibility index (Phi) is 3.65. The van der Waals surface area contributed by atoms with E-state index in [0.29, 0.717) is 11.6 Å². The lowest BCUT2D eigenvalue weighted by Crippen LogP contribution is -2.27. The van der Waals surface area contributed by atoms with Crippen LogP contribution in [0.15, 0.2) is 11.2 Å². The molecular weight excluding hydrogens is 188 g/mol. The molecule has 1 saturated heterocycles. The Morgan fingerprint density at radius 1 is 1.85 bits per heavy atom. The van der Waals surface area contributed by atoms with E-state index < -0.39 is 4.92 Å². The van der Waals surface area contributed by atoms with Gasteiger partial charge in [-0.05, 0) is 6.42 Å². The largest absolute Gasteiger partial charge is 0.350 e. The van der Waals surface area contributed by atoms with Crippen LogP contribution in [0, 0.1) is 22.5 Å². The molecule has 1 aliphatic rings. The van der Waals surface area contributed by atoms with Gasteiger partial charge in [-0.2, -0.15) is 0 Å². The average Bonchev–Trinajstić information content (AvgIpc) is 2.08. The third-order valence-electron chi connectivity index (χ3n) is 1.63. The minimum absolute atomic E-state index is 0.433. The lowest BCUT2D eigenvalue weighted by Gasteiger charge is -2.26. The predicted octanol–water partition coefficient (Wildman–Crippen LogP) is 1.13. The fourth-order valence-corrected chi connectivity index (χ4v) is 2.09. The second kappa shape index (κ2) is 4.77. The molecular formula is C8H10N2O2S. The molecule has 5 heteroatoms. The molecule has 0 aromatic carbocycles. The van der Waals surface area contributed by atoms with Crippen molar-refractivity contribution >= 4 is 11.8 Å². The van der Waals surface area contributed by atoms with Crippen molar-refractivity contribution in [3.05, 3.63) is 21.3 Å². The quantitative estimate of drug-likeness (QED) is 0.379. The van der Waals surface area contributed by atoms with Crippen molar-refractivity contribution in [3.8, 4) is 12.3 Å². The fourth-order valence-electron chi connectivity index (χ4n) is 1.11. The molecule has 1 aliphatic heterocycles. The number of nitrogens with zero attached hydrogens (tertiary/aromatic N) is 2. The monoisotopic (exact) mass is 198 g/mol. The van der Waals surface area contributed by atoms with Gasteiger partial charge in [-0.25, -0.2) is 0 Å². The van der Waals surface area contributed by atoms with Crippen molar-refractivity contribution in [2.24, 2.45) is 0 Å². The molecule has 0 radical (unpaired) electrons. The van der Waals surface area contributed by atoms with E-state index in [1.54, 1.807) is 0 Å². The zero-order valence-corrected chi connectivity index (χ0v) is 7.92. The second-order valence-corrected chi connectivity index (χ2v) is 3.70. The maximum absolute atomic E-state index is 10.3. The highest BCUT2D eigenvalue weighted by Crippen LogP contribution is 2.25. The number of nitro groups is 1. The molecule has 0 saturated carbocycles. The minimum atomic E-state index is -0.433.